The summed E-state index contributed by atoms with van der Waals surface area (Å²) in [5.41, 5.74) is 1.28. The van der Waals surface area contributed by atoms with Crippen molar-refractivity contribution in [2.24, 2.45) is 12.0 Å². The summed E-state index contributed by atoms with van der Waals surface area (Å²) in [6, 6.07) is 0.232. The van der Waals surface area contributed by atoms with Gasteiger partial charge in [0.15, 0.2) is 5.96 Å². The van der Waals surface area contributed by atoms with E-state index in [1.165, 1.54) is 5.56 Å². The maximum Gasteiger partial charge on any atom is 0.221 e. The molecule has 0 bridgehead atoms. The van der Waals surface area contributed by atoms with Crippen LogP contribution in [0.25, 0.3) is 0 Å². The van der Waals surface area contributed by atoms with Crippen LogP contribution in [0.15, 0.2) is 17.4 Å². The number of nitrogens with one attached hydrogen (secondary N) is 2. The molecule has 1 aliphatic rings. The number of carbonyl (C=O) groups excluding carboxylic acids is 1. The SMILES string of the molecule is CCC(C)NC(=O)CCNC(=NC)N1CCC(c2cnn(C)c2)C1.I. The van der Waals surface area contributed by atoms with Crippen LogP contribution in [0.4, 0.5) is 0 Å². The summed E-state index contributed by atoms with van der Waals surface area (Å²) in [6.45, 7) is 6.59. The number of hydrogen-bond donors (Lipinski definition) is 2. The van der Waals surface area contributed by atoms with E-state index in [1.54, 1.807) is 7.05 Å². The zero-order valence-corrected chi connectivity index (χ0v) is 18.0. The molecule has 142 valence electrons. The summed E-state index contributed by atoms with van der Waals surface area (Å²) in [6.07, 6.45) is 6.54. The predicted molar refractivity (Wildman–Crippen MR) is 111 cm³/mol. The first-order valence-corrected chi connectivity index (χ1v) is 8.77. The second-order valence-electron chi connectivity index (χ2n) is 6.48. The summed E-state index contributed by atoms with van der Waals surface area (Å²) in [5, 5.41) is 10.5. The second-order valence-corrected chi connectivity index (χ2v) is 6.48. The molecule has 1 aliphatic heterocycles. The number of guanidine groups is 1. The molecule has 7 nitrogen and oxygen atoms in total. The highest BCUT2D eigenvalue weighted by Crippen LogP contribution is 2.26. The average molecular weight is 462 g/mol. The summed E-state index contributed by atoms with van der Waals surface area (Å²) in [5.74, 6) is 1.45. The average Bonchev–Trinajstić information content (AvgIpc) is 3.20. The lowest BCUT2D eigenvalue weighted by atomic mass is 10.0. The van der Waals surface area contributed by atoms with Crippen molar-refractivity contribution >= 4 is 35.8 Å². The Morgan fingerprint density at radius 2 is 2.28 bits per heavy atom. The van der Waals surface area contributed by atoms with E-state index >= 15 is 0 Å². The zero-order valence-electron chi connectivity index (χ0n) is 15.7. The standard InChI is InChI=1S/C17H30N6O.HI/c1-5-13(2)21-16(24)6-8-19-17(18-3)23-9-7-14(12-23)15-10-20-22(4)11-15;/h10-11,13-14H,5-9,12H2,1-4H3,(H,18,19)(H,21,24);1H. The van der Waals surface area contributed by atoms with Gasteiger partial charge in [-0.2, -0.15) is 5.10 Å². The number of halogens is 1. The fraction of sp³-hybridized carbons (Fsp3) is 0.706. The van der Waals surface area contributed by atoms with E-state index in [0.29, 0.717) is 18.9 Å². The van der Waals surface area contributed by atoms with Gasteiger partial charge in [-0.25, -0.2) is 0 Å². The molecule has 1 aromatic heterocycles. The monoisotopic (exact) mass is 462 g/mol. The van der Waals surface area contributed by atoms with E-state index in [2.05, 4.69) is 38.7 Å². The number of amides is 1. The van der Waals surface area contributed by atoms with Crippen molar-refractivity contribution in [3.8, 4) is 0 Å². The lowest BCUT2D eigenvalue weighted by Crippen LogP contribution is -2.42. The Hall–Kier alpha value is -1.32. The number of nitrogens with zero attached hydrogens (tertiary/aromatic N) is 4. The van der Waals surface area contributed by atoms with Crippen LogP contribution >= 0.6 is 24.0 Å². The number of aromatic nitrogens is 2. The minimum atomic E-state index is 0. The van der Waals surface area contributed by atoms with Crippen LogP contribution < -0.4 is 10.6 Å². The van der Waals surface area contributed by atoms with Crippen LogP contribution in [0.5, 0.6) is 0 Å². The molecule has 2 N–H and O–H groups in total. The van der Waals surface area contributed by atoms with E-state index in [9.17, 15) is 4.79 Å². The van der Waals surface area contributed by atoms with Crippen molar-refractivity contribution in [1.82, 2.24) is 25.3 Å². The number of aryl methyl sites for hydroxylation is 1. The van der Waals surface area contributed by atoms with Crippen molar-refractivity contribution in [1.29, 1.82) is 0 Å². The van der Waals surface area contributed by atoms with Crippen LogP contribution in [0.3, 0.4) is 0 Å². The molecule has 0 radical (unpaired) electrons. The van der Waals surface area contributed by atoms with Crippen LogP contribution in [0.2, 0.25) is 0 Å². The molecule has 0 spiro atoms. The third-order valence-corrected chi connectivity index (χ3v) is 4.55. The van der Waals surface area contributed by atoms with Gasteiger partial charge in [-0.1, -0.05) is 6.92 Å². The van der Waals surface area contributed by atoms with E-state index < -0.39 is 0 Å². The first-order chi connectivity index (χ1) is 11.5. The van der Waals surface area contributed by atoms with E-state index in [0.717, 1.165) is 31.9 Å². The highest BCUT2D eigenvalue weighted by molar-refractivity contribution is 14.0. The van der Waals surface area contributed by atoms with Gasteiger partial charge >= 0.3 is 0 Å². The van der Waals surface area contributed by atoms with Crippen LogP contribution in [0.1, 0.15) is 44.6 Å². The second kappa shape index (κ2) is 10.6. The molecule has 2 unspecified atom stereocenters. The third-order valence-electron chi connectivity index (χ3n) is 4.55. The molecule has 0 saturated carbocycles. The molecule has 0 aromatic carbocycles. The molecule has 1 fully saturated rings. The Balaban J connectivity index is 0.00000312. The lowest BCUT2D eigenvalue weighted by molar-refractivity contribution is -0.121. The first kappa shape index (κ1) is 21.7. The summed E-state index contributed by atoms with van der Waals surface area (Å²) < 4.78 is 1.85. The van der Waals surface area contributed by atoms with Gasteiger partial charge < -0.3 is 15.5 Å². The Morgan fingerprint density at radius 3 is 2.88 bits per heavy atom. The fourth-order valence-corrected chi connectivity index (χ4v) is 2.94. The molecule has 0 aliphatic carbocycles. The van der Waals surface area contributed by atoms with Gasteiger partial charge in [0.2, 0.25) is 5.91 Å². The molecule has 2 heterocycles. The van der Waals surface area contributed by atoms with Crippen molar-refractivity contribution in [3.63, 3.8) is 0 Å². The predicted octanol–water partition coefficient (Wildman–Crippen LogP) is 1.71. The van der Waals surface area contributed by atoms with Crippen molar-refractivity contribution < 1.29 is 4.79 Å². The highest BCUT2D eigenvalue weighted by Gasteiger charge is 2.26. The highest BCUT2D eigenvalue weighted by atomic mass is 127. The minimum absolute atomic E-state index is 0. The minimum Gasteiger partial charge on any atom is -0.356 e. The Morgan fingerprint density at radius 1 is 1.52 bits per heavy atom. The van der Waals surface area contributed by atoms with Gasteiger partial charge in [-0.05, 0) is 25.3 Å². The number of carbonyl (C=O) groups is 1. The number of likely N-dealkylation sites (tertiary alicyclic amines) is 1. The van der Waals surface area contributed by atoms with Gasteiger partial charge in [-0.3, -0.25) is 14.5 Å². The topological polar surface area (TPSA) is 74.6 Å². The quantitative estimate of drug-likeness (QED) is 0.384. The summed E-state index contributed by atoms with van der Waals surface area (Å²) >= 11 is 0. The van der Waals surface area contributed by atoms with Gasteiger partial charge in [0.1, 0.15) is 0 Å². The molecule has 1 amide bonds. The zero-order chi connectivity index (χ0) is 17.5. The summed E-state index contributed by atoms with van der Waals surface area (Å²) in [7, 11) is 3.74. The Labute approximate surface area is 167 Å². The lowest BCUT2D eigenvalue weighted by Gasteiger charge is -2.21. The molecule has 1 aromatic rings. The van der Waals surface area contributed by atoms with Gasteiger partial charge in [-0.15, -0.1) is 24.0 Å². The van der Waals surface area contributed by atoms with Crippen LogP contribution in [-0.4, -0.2) is 59.3 Å². The molecule has 1 saturated heterocycles. The maximum absolute atomic E-state index is 11.8. The van der Waals surface area contributed by atoms with Crippen LogP contribution in [-0.2, 0) is 11.8 Å². The third kappa shape index (κ3) is 6.48. The number of hydrogen-bond acceptors (Lipinski definition) is 3. The summed E-state index contributed by atoms with van der Waals surface area (Å²) in [4.78, 5) is 18.4. The van der Waals surface area contributed by atoms with Gasteiger partial charge in [0, 0.05) is 58.3 Å². The molecule has 2 atom stereocenters. The smallest absolute Gasteiger partial charge is 0.221 e. The maximum atomic E-state index is 11.8. The van der Waals surface area contributed by atoms with Crippen molar-refractivity contribution in [3.05, 3.63) is 18.0 Å². The van der Waals surface area contributed by atoms with Crippen LogP contribution in [0, 0.1) is 0 Å². The fourth-order valence-electron chi connectivity index (χ4n) is 2.94. The largest absolute Gasteiger partial charge is 0.356 e. The van der Waals surface area contributed by atoms with E-state index in [4.69, 9.17) is 0 Å². The van der Waals surface area contributed by atoms with Gasteiger partial charge in [0.25, 0.3) is 0 Å². The van der Waals surface area contributed by atoms with E-state index in [1.807, 2.05) is 24.9 Å². The molecule has 25 heavy (non-hydrogen) atoms. The van der Waals surface area contributed by atoms with Crippen molar-refractivity contribution in [2.45, 2.75) is 45.1 Å². The molecule has 8 heteroatoms. The molecular formula is C17H31IN6O. The molecular weight excluding hydrogens is 431 g/mol. The number of aliphatic imine (C=N–C) groups is 1. The van der Waals surface area contributed by atoms with Crippen molar-refractivity contribution in [2.75, 3.05) is 26.7 Å². The Kier molecular flexibility index (Phi) is 9.23. The normalized spacial score (nSPS) is 18.6. The first-order valence-electron chi connectivity index (χ1n) is 8.77. The van der Waals surface area contributed by atoms with Gasteiger partial charge in [0.05, 0.1) is 6.20 Å². The number of rotatable bonds is 6. The molecule has 2 rings (SSSR count). The van der Waals surface area contributed by atoms with E-state index in [-0.39, 0.29) is 35.9 Å². The Bertz CT molecular complexity index is 573.